The van der Waals surface area contributed by atoms with Crippen LogP contribution in [0, 0.1) is 5.92 Å². The van der Waals surface area contributed by atoms with Crippen molar-refractivity contribution >= 4 is 46.1 Å². The van der Waals surface area contributed by atoms with Crippen LogP contribution in [0.15, 0.2) is 0 Å². The van der Waals surface area contributed by atoms with Crippen molar-refractivity contribution in [3.63, 3.8) is 0 Å². The number of rotatable bonds is 40. The number of hydrogen-bond acceptors (Lipinski definition) is 10. The highest BCUT2D eigenvalue weighted by Gasteiger charge is 2.31. The topological polar surface area (TPSA) is 132 Å². The van der Waals surface area contributed by atoms with Gasteiger partial charge in [-0.05, 0) is 83.9 Å². The number of anilines is 1. The fraction of sp³-hybridized carbons (Fsp3) is 0.827. The summed E-state index contributed by atoms with van der Waals surface area (Å²) in [7, 11) is 3.95. The molecule has 0 aliphatic carbocycles. The van der Waals surface area contributed by atoms with Crippen LogP contribution in [-0.2, 0) is 46.4 Å². The molecule has 0 bridgehead atoms. The normalized spacial score (nSPS) is 12.9. The summed E-state index contributed by atoms with van der Waals surface area (Å²) in [5.41, 5.74) is 1.25. The second-order valence-corrected chi connectivity index (χ2v) is 19.6. The van der Waals surface area contributed by atoms with E-state index in [9.17, 15) is 24.0 Å². The van der Waals surface area contributed by atoms with Crippen molar-refractivity contribution in [2.24, 2.45) is 5.92 Å². The van der Waals surface area contributed by atoms with Crippen molar-refractivity contribution in [1.82, 2.24) is 9.80 Å². The zero-order valence-corrected chi connectivity index (χ0v) is 42.1. The molecule has 1 atom stereocenters. The number of thiophene rings is 1. The molecule has 2 rings (SSSR count). The molecule has 1 aromatic heterocycles. The maximum absolute atomic E-state index is 13.5. The van der Waals surface area contributed by atoms with Gasteiger partial charge in [0.1, 0.15) is 5.00 Å². The largest absolute Gasteiger partial charge is 0.466 e. The van der Waals surface area contributed by atoms with Crippen LogP contribution in [0.5, 0.6) is 0 Å². The van der Waals surface area contributed by atoms with Crippen LogP contribution in [0.25, 0.3) is 0 Å². The first-order chi connectivity index (χ1) is 31.1. The van der Waals surface area contributed by atoms with Crippen LogP contribution < -0.4 is 5.32 Å². The average molecular weight is 918 g/mol. The van der Waals surface area contributed by atoms with Gasteiger partial charge in [0, 0.05) is 37.2 Å². The quantitative estimate of drug-likeness (QED) is 0.0388. The Kier molecular flexibility index (Phi) is 33.2. The Bertz CT molecular complexity index is 1430. The highest BCUT2D eigenvalue weighted by molar-refractivity contribution is 7.17. The molecule has 11 nitrogen and oxygen atoms in total. The molecule has 0 saturated carbocycles. The molecular weight excluding hydrogens is 827 g/mol. The van der Waals surface area contributed by atoms with Gasteiger partial charge in [-0.15, -0.1) is 11.3 Å². The van der Waals surface area contributed by atoms with Crippen LogP contribution >= 0.6 is 11.3 Å². The summed E-state index contributed by atoms with van der Waals surface area (Å²) in [6.45, 7) is 9.40. The molecular formula is C52H91N3O8S. The highest BCUT2D eigenvalue weighted by atomic mass is 32.1. The number of carbonyl (C=O) groups excluding carboxylic acids is 5. The van der Waals surface area contributed by atoms with Crippen molar-refractivity contribution in [3.8, 4) is 0 Å². The van der Waals surface area contributed by atoms with Crippen LogP contribution in [-0.4, -0.2) is 86.5 Å². The summed E-state index contributed by atoms with van der Waals surface area (Å²) >= 11 is 1.35. The summed E-state index contributed by atoms with van der Waals surface area (Å²) in [5, 5.41) is 3.49. The molecule has 0 aromatic carbocycles. The van der Waals surface area contributed by atoms with E-state index in [1.54, 1.807) is 0 Å². The minimum atomic E-state index is -0.446. The summed E-state index contributed by atoms with van der Waals surface area (Å²) < 4.78 is 16.9. The molecule has 0 spiro atoms. The summed E-state index contributed by atoms with van der Waals surface area (Å²) in [6.07, 6.45) is 30.1. The van der Waals surface area contributed by atoms with Crippen molar-refractivity contribution in [1.29, 1.82) is 0 Å². The molecule has 1 aliphatic rings. The second-order valence-electron chi connectivity index (χ2n) is 18.5. The molecule has 1 aliphatic heterocycles. The lowest BCUT2D eigenvalue weighted by atomic mass is 9.94. The first-order valence-electron chi connectivity index (χ1n) is 26.0. The SMILES string of the molecule is CCCCCCCCCCCOC(=O)CCCCC(=O)N1CCc2c(sc(NC(=O)CCCCCOC(=O)C(CCCCCC)CCCCCCCC)c2C(=O)OCCCN(C)C)C1. The Morgan fingerprint density at radius 1 is 0.609 bits per heavy atom. The van der Waals surface area contributed by atoms with Gasteiger partial charge in [-0.3, -0.25) is 19.2 Å². The standard InChI is InChI=1S/C52H91N3O8S/c1-6-9-12-15-17-18-19-21-28-39-61-48(58)35-27-26-34-47(57)55-38-36-44-45(42-55)64-50(49(44)52(60)63-41-30-37-54(4)5)53-46(56)33-25-22-29-40-62-51(59)43(31-23-14-11-8-3)32-24-20-16-13-10-7-2/h43H,6-42H2,1-5H3,(H,53,56). The van der Waals surface area contributed by atoms with Gasteiger partial charge in [-0.1, -0.05) is 136 Å². The van der Waals surface area contributed by atoms with Gasteiger partial charge in [0.25, 0.3) is 0 Å². The first-order valence-corrected chi connectivity index (χ1v) is 26.8. The Hall–Kier alpha value is -2.99. The highest BCUT2D eigenvalue weighted by Crippen LogP contribution is 2.38. The molecule has 2 heterocycles. The summed E-state index contributed by atoms with van der Waals surface area (Å²) in [5.74, 6) is -0.888. The van der Waals surface area contributed by atoms with Crippen LogP contribution in [0.4, 0.5) is 5.00 Å². The molecule has 0 fully saturated rings. The van der Waals surface area contributed by atoms with Gasteiger partial charge in [-0.2, -0.15) is 0 Å². The third-order valence-electron chi connectivity index (χ3n) is 12.3. The molecule has 64 heavy (non-hydrogen) atoms. The van der Waals surface area contributed by atoms with Crippen LogP contribution in [0.1, 0.15) is 234 Å². The van der Waals surface area contributed by atoms with Crippen molar-refractivity contribution in [2.75, 3.05) is 52.3 Å². The number of nitrogens with one attached hydrogen (secondary N) is 1. The minimum absolute atomic E-state index is 0.0199. The molecule has 2 amide bonds. The first kappa shape index (κ1) is 57.1. The smallest absolute Gasteiger partial charge is 0.341 e. The third-order valence-corrected chi connectivity index (χ3v) is 13.5. The minimum Gasteiger partial charge on any atom is -0.466 e. The fourth-order valence-electron chi connectivity index (χ4n) is 8.33. The predicted octanol–water partition coefficient (Wildman–Crippen LogP) is 12.8. The number of amides is 2. The zero-order chi connectivity index (χ0) is 46.6. The molecule has 0 radical (unpaired) electrons. The molecule has 1 unspecified atom stereocenters. The zero-order valence-electron chi connectivity index (χ0n) is 41.3. The van der Waals surface area contributed by atoms with Crippen molar-refractivity contribution in [2.45, 2.75) is 226 Å². The Morgan fingerprint density at radius 2 is 1.12 bits per heavy atom. The number of ether oxygens (including phenoxy) is 3. The van der Waals surface area contributed by atoms with E-state index in [0.717, 1.165) is 68.4 Å². The van der Waals surface area contributed by atoms with Gasteiger partial charge < -0.3 is 29.3 Å². The Labute approximate surface area is 393 Å². The average Bonchev–Trinajstić information content (AvgIpc) is 3.64. The summed E-state index contributed by atoms with van der Waals surface area (Å²) in [4.78, 5) is 70.2. The van der Waals surface area contributed by atoms with Gasteiger partial charge in [-0.25, -0.2) is 4.79 Å². The van der Waals surface area contributed by atoms with E-state index in [2.05, 4.69) is 26.1 Å². The summed E-state index contributed by atoms with van der Waals surface area (Å²) in [6, 6.07) is 0. The lowest BCUT2D eigenvalue weighted by Gasteiger charge is -2.27. The number of carbonyl (C=O) groups is 5. The molecule has 1 aromatic rings. The van der Waals surface area contributed by atoms with Crippen LogP contribution in [0.2, 0.25) is 0 Å². The molecule has 1 N–H and O–H groups in total. The van der Waals surface area contributed by atoms with E-state index in [1.165, 1.54) is 101 Å². The maximum Gasteiger partial charge on any atom is 0.341 e. The molecule has 0 saturated heterocycles. The van der Waals surface area contributed by atoms with E-state index < -0.39 is 5.97 Å². The number of esters is 3. The predicted molar refractivity (Wildman–Crippen MR) is 262 cm³/mol. The number of fused-ring (bicyclic) bond motifs is 1. The third kappa shape index (κ3) is 26.2. The monoisotopic (exact) mass is 918 g/mol. The van der Waals surface area contributed by atoms with Gasteiger partial charge in [0.05, 0.1) is 37.8 Å². The molecule has 12 heteroatoms. The second kappa shape index (κ2) is 37.1. The van der Waals surface area contributed by atoms with Crippen molar-refractivity contribution < 1.29 is 38.2 Å². The molecule has 368 valence electrons. The number of unbranched alkanes of at least 4 members (excludes halogenated alkanes) is 19. The Morgan fingerprint density at radius 3 is 1.75 bits per heavy atom. The lowest BCUT2D eigenvalue weighted by molar-refractivity contribution is -0.149. The van der Waals surface area contributed by atoms with Gasteiger partial charge in [0.15, 0.2) is 0 Å². The maximum atomic E-state index is 13.5. The number of hydrogen-bond donors (Lipinski definition) is 1. The van der Waals surface area contributed by atoms with E-state index in [-0.39, 0.29) is 42.7 Å². The number of nitrogens with zero attached hydrogens (tertiary/aromatic N) is 2. The van der Waals surface area contributed by atoms with E-state index in [0.29, 0.717) is 88.2 Å². The van der Waals surface area contributed by atoms with E-state index in [1.807, 2.05) is 23.9 Å². The fourth-order valence-corrected chi connectivity index (χ4v) is 9.59. The van der Waals surface area contributed by atoms with Crippen LogP contribution in [0.3, 0.4) is 0 Å². The van der Waals surface area contributed by atoms with Gasteiger partial charge in [0.2, 0.25) is 11.8 Å². The van der Waals surface area contributed by atoms with Crippen molar-refractivity contribution in [3.05, 3.63) is 16.0 Å². The lowest BCUT2D eigenvalue weighted by Crippen LogP contribution is -2.35. The van der Waals surface area contributed by atoms with E-state index in [4.69, 9.17) is 14.2 Å². The van der Waals surface area contributed by atoms with Gasteiger partial charge >= 0.3 is 17.9 Å². The Balaban J connectivity index is 1.83. The van der Waals surface area contributed by atoms with E-state index >= 15 is 0 Å².